The van der Waals surface area contributed by atoms with Crippen LogP contribution in [-0.2, 0) is 4.74 Å². The third-order valence-corrected chi connectivity index (χ3v) is 1.81. The summed E-state index contributed by atoms with van der Waals surface area (Å²) in [5, 5.41) is 0. The molecule has 70 valence electrons. The molecule has 0 aliphatic carbocycles. The number of carbonyl (C=O) groups excluding carboxylic acids is 1. The number of nitrogens with two attached hydrogens (primary N) is 1. The molecule has 0 aromatic heterocycles. The van der Waals surface area contributed by atoms with Crippen LogP contribution in [0.1, 0.15) is 15.9 Å². The molecule has 0 heterocycles. The minimum atomic E-state index is -0.426. The van der Waals surface area contributed by atoms with Gasteiger partial charge in [-0.1, -0.05) is 12.1 Å². The minimum Gasteiger partial charge on any atom is -0.465 e. The molecule has 0 atom stereocenters. The van der Waals surface area contributed by atoms with Crippen molar-refractivity contribution in [3.8, 4) is 0 Å². The first kappa shape index (κ1) is 10.4. The molecule has 0 aliphatic rings. The van der Waals surface area contributed by atoms with Gasteiger partial charge in [0.05, 0.1) is 12.7 Å². The minimum absolute atomic E-state index is 0.411. The number of hydrogen-bond acceptors (Lipinski definition) is 3. The highest BCUT2D eigenvalue weighted by molar-refractivity contribution is 6.19. The molecule has 4 heteroatoms. The molecule has 1 rings (SSSR count). The fourth-order valence-corrected chi connectivity index (χ4v) is 1.15. The van der Waals surface area contributed by atoms with Gasteiger partial charge in [-0.15, -0.1) is 5.98 Å². The standard InChI is InChI=1S/C10H10BNO2/c1-14-10(13)8-3-2-4-9(12)7(8)5-6-11/h2-6H,12H2,1H3/b6-5+. The summed E-state index contributed by atoms with van der Waals surface area (Å²) < 4.78 is 4.61. The zero-order valence-corrected chi connectivity index (χ0v) is 7.86. The van der Waals surface area contributed by atoms with Crippen molar-refractivity contribution in [2.75, 3.05) is 12.8 Å². The smallest absolute Gasteiger partial charge is 0.338 e. The summed E-state index contributed by atoms with van der Waals surface area (Å²) in [6.07, 6.45) is 1.57. The second kappa shape index (κ2) is 4.51. The second-order valence-electron chi connectivity index (χ2n) is 2.66. The van der Waals surface area contributed by atoms with E-state index in [-0.39, 0.29) is 0 Å². The van der Waals surface area contributed by atoms with E-state index in [4.69, 9.17) is 13.6 Å². The maximum absolute atomic E-state index is 11.3. The van der Waals surface area contributed by atoms with Crippen LogP contribution in [0.15, 0.2) is 24.2 Å². The van der Waals surface area contributed by atoms with E-state index in [0.717, 1.165) is 0 Å². The summed E-state index contributed by atoms with van der Waals surface area (Å²) in [6, 6.07) is 5.02. The van der Waals surface area contributed by atoms with Gasteiger partial charge in [-0.25, -0.2) is 4.79 Å². The number of nitrogen functional groups attached to an aromatic ring is 1. The Morgan fingerprint density at radius 2 is 2.29 bits per heavy atom. The van der Waals surface area contributed by atoms with Gasteiger partial charge in [0.25, 0.3) is 0 Å². The lowest BCUT2D eigenvalue weighted by atomic mass is 10.0. The van der Waals surface area contributed by atoms with Gasteiger partial charge in [0.1, 0.15) is 7.85 Å². The summed E-state index contributed by atoms with van der Waals surface area (Å²) in [5.74, 6) is 0.906. The lowest BCUT2D eigenvalue weighted by molar-refractivity contribution is 0.0600. The molecule has 2 radical (unpaired) electrons. The molecule has 0 saturated heterocycles. The number of hydrogen-bond donors (Lipinski definition) is 1. The lowest BCUT2D eigenvalue weighted by Crippen LogP contribution is -2.05. The van der Waals surface area contributed by atoms with E-state index in [1.807, 2.05) is 0 Å². The summed E-state index contributed by atoms with van der Waals surface area (Å²) in [4.78, 5) is 11.3. The van der Waals surface area contributed by atoms with Crippen LogP contribution in [0.3, 0.4) is 0 Å². The van der Waals surface area contributed by atoms with Gasteiger partial charge in [0, 0.05) is 11.3 Å². The maximum Gasteiger partial charge on any atom is 0.338 e. The van der Waals surface area contributed by atoms with Crippen molar-refractivity contribution in [1.82, 2.24) is 0 Å². The van der Waals surface area contributed by atoms with Crippen LogP contribution in [0, 0.1) is 0 Å². The molecular formula is C10H10BNO2. The average molecular weight is 187 g/mol. The number of rotatable bonds is 2. The van der Waals surface area contributed by atoms with Gasteiger partial charge in [-0.3, -0.25) is 0 Å². The van der Waals surface area contributed by atoms with E-state index in [1.165, 1.54) is 13.1 Å². The third kappa shape index (κ3) is 1.96. The number of benzene rings is 1. The molecule has 14 heavy (non-hydrogen) atoms. The Labute approximate surface area is 84.0 Å². The molecule has 0 fully saturated rings. The molecule has 0 unspecified atom stereocenters. The highest BCUT2D eigenvalue weighted by Gasteiger charge is 2.10. The molecule has 1 aromatic rings. The number of esters is 1. The van der Waals surface area contributed by atoms with E-state index < -0.39 is 5.97 Å². The van der Waals surface area contributed by atoms with Crippen LogP contribution < -0.4 is 5.73 Å². The lowest BCUT2D eigenvalue weighted by Gasteiger charge is -2.06. The maximum atomic E-state index is 11.3. The number of anilines is 1. The van der Waals surface area contributed by atoms with Gasteiger partial charge >= 0.3 is 5.97 Å². The largest absolute Gasteiger partial charge is 0.465 e. The number of methoxy groups -OCH3 is 1. The Kier molecular flexibility index (Phi) is 3.34. The van der Waals surface area contributed by atoms with Crippen LogP contribution >= 0.6 is 0 Å². The van der Waals surface area contributed by atoms with Crippen LogP contribution in [0.4, 0.5) is 5.69 Å². The van der Waals surface area contributed by atoms with Gasteiger partial charge in [0.2, 0.25) is 0 Å². The second-order valence-corrected chi connectivity index (χ2v) is 2.66. The Morgan fingerprint density at radius 3 is 2.86 bits per heavy atom. The highest BCUT2D eigenvalue weighted by Crippen LogP contribution is 2.19. The van der Waals surface area contributed by atoms with E-state index in [2.05, 4.69) is 4.74 Å². The highest BCUT2D eigenvalue weighted by atomic mass is 16.5. The van der Waals surface area contributed by atoms with Crippen molar-refractivity contribution in [2.24, 2.45) is 0 Å². The van der Waals surface area contributed by atoms with Crippen LogP contribution in [-0.4, -0.2) is 20.9 Å². The summed E-state index contributed by atoms with van der Waals surface area (Å²) in [5.41, 5.74) is 7.18. The Bertz CT molecular complexity index is 374. The summed E-state index contributed by atoms with van der Waals surface area (Å²) in [6.45, 7) is 0. The van der Waals surface area contributed by atoms with Crippen molar-refractivity contribution in [1.29, 1.82) is 0 Å². The predicted octanol–water partition coefficient (Wildman–Crippen LogP) is 1.19. The van der Waals surface area contributed by atoms with E-state index >= 15 is 0 Å². The molecular weight excluding hydrogens is 177 g/mol. The van der Waals surface area contributed by atoms with Gasteiger partial charge in [0.15, 0.2) is 0 Å². The Morgan fingerprint density at radius 1 is 1.57 bits per heavy atom. The fourth-order valence-electron chi connectivity index (χ4n) is 1.15. The van der Waals surface area contributed by atoms with Crippen LogP contribution in [0.25, 0.3) is 6.08 Å². The Balaban J connectivity index is 3.27. The van der Waals surface area contributed by atoms with Gasteiger partial charge in [-0.05, 0) is 12.1 Å². The number of carbonyl (C=O) groups is 1. The average Bonchev–Trinajstić information content (AvgIpc) is 2.20. The summed E-state index contributed by atoms with van der Waals surface area (Å²) >= 11 is 0. The van der Waals surface area contributed by atoms with E-state index in [9.17, 15) is 4.79 Å². The molecule has 0 saturated carbocycles. The predicted molar refractivity (Wildman–Crippen MR) is 57.0 cm³/mol. The first-order valence-electron chi connectivity index (χ1n) is 4.05. The third-order valence-electron chi connectivity index (χ3n) is 1.81. The first-order chi connectivity index (χ1) is 6.70. The molecule has 0 aliphatic heterocycles. The molecule has 0 amide bonds. The zero-order chi connectivity index (χ0) is 10.6. The molecule has 2 N–H and O–H groups in total. The SMILES string of the molecule is [B]/C=C/c1c(N)cccc1C(=O)OC. The monoisotopic (exact) mass is 187 g/mol. The normalized spacial score (nSPS) is 10.4. The molecule has 0 bridgehead atoms. The molecule has 1 aromatic carbocycles. The Hall–Kier alpha value is -1.71. The molecule has 0 spiro atoms. The van der Waals surface area contributed by atoms with Crippen molar-refractivity contribution >= 4 is 25.6 Å². The van der Waals surface area contributed by atoms with Crippen molar-refractivity contribution in [3.05, 3.63) is 35.3 Å². The van der Waals surface area contributed by atoms with Crippen LogP contribution in [0.2, 0.25) is 0 Å². The quantitative estimate of drug-likeness (QED) is 0.429. The zero-order valence-electron chi connectivity index (χ0n) is 7.86. The van der Waals surface area contributed by atoms with E-state index in [1.54, 1.807) is 24.3 Å². The fraction of sp³-hybridized carbons (Fsp3) is 0.100. The van der Waals surface area contributed by atoms with E-state index in [0.29, 0.717) is 16.8 Å². The topological polar surface area (TPSA) is 52.3 Å². The van der Waals surface area contributed by atoms with Gasteiger partial charge < -0.3 is 10.5 Å². The first-order valence-corrected chi connectivity index (χ1v) is 4.05. The van der Waals surface area contributed by atoms with Crippen molar-refractivity contribution in [2.45, 2.75) is 0 Å². The number of ether oxygens (including phenoxy) is 1. The van der Waals surface area contributed by atoms with Crippen molar-refractivity contribution < 1.29 is 9.53 Å². The summed E-state index contributed by atoms with van der Waals surface area (Å²) in [7, 11) is 6.57. The van der Waals surface area contributed by atoms with Crippen molar-refractivity contribution in [3.63, 3.8) is 0 Å². The van der Waals surface area contributed by atoms with Crippen LogP contribution in [0.5, 0.6) is 0 Å². The van der Waals surface area contributed by atoms with Gasteiger partial charge in [-0.2, -0.15) is 0 Å². The molecule has 3 nitrogen and oxygen atoms in total.